The Morgan fingerprint density at radius 3 is 2.22 bits per heavy atom. The molecule has 0 heterocycles. The van der Waals surface area contributed by atoms with Gasteiger partial charge in [0.2, 0.25) is 0 Å². The standard InChI is InChI=1S/C26H40O6/c1-17-10-12-22-15-24(31-20(4)28)25(6,16-26(22,7)32-21(5)29)14-8-9-18(2)23(13-11-17)30-19(3)27/h9,11,22-24H,8,10,12-16H2,1-7H3. The monoisotopic (exact) mass is 448 g/mol. The Kier molecular flexibility index (Phi) is 8.72. The maximum Gasteiger partial charge on any atom is 0.303 e. The van der Waals surface area contributed by atoms with Crippen LogP contribution in [0.15, 0.2) is 23.3 Å². The summed E-state index contributed by atoms with van der Waals surface area (Å²) in [5.74, 6) is -0.765. The minimum atomic E-state index is -0.610. The Balaban J connectivity index is 2.45. The highest BCUT2D eigenvalue weighted by Gasteiger charge is 2.53. The molecule has 2 bridgehead atoms. The number of esters is 3. The third-order valence-electron chi connectivity index (χ3n) is 7.14. The molecule has 3 aliphatic carbocycles. The smallest absolute Gasteiger partial charge is 0.303 e. The molecule has 0 aromatic heterocycles. The molecule has 3 rings (SSSR count). The number of hydrogen-bond acceptors (Lipinski definition) is 6. The Bertz CT molecular complexity index is 781. The summed E-state index contributed by atoms with van der Waals surface area (Å²) in [6.45, 7) is 12.6. The van der Waals surface area contributed by atoms with E-state index in [-0.39, 0.29) is 41.4 Å². The molecule has 6 nitrogen and oxygen atoms in total. The molecule has 5 unspecified atom stereocenters. The third-order valence-corrected chi connectivity index (χ3v) is 7.14. The lowest BCUT2D eigenvalue weighted by atomic mass is 9.60. The van der Waals surface area contributed by atoms with E-state index >= 15 is 0 Å². The lowest BCUT2D eigenvalue weighted by Gasteiger charge is -2.52. The van der Waals surface area contributed by atoms with Gasteiger partial charge in [0.05, 0.1) is 0 Å². The van der Waals surface area contributed by atoms with Gasteiger partial charge in [-0.1, -0.05) is 24.6 Å². The lowest BCUT2D eigenvalue weighted by molar-refractivity contribution is -0.195. The molecular formula is C26H40O6. The van der Waals surface area contributed by atoms with Gasteiger partial charge in [-0.25, -0.2) is 0 Å². The zero-order valence-corrected chi connectivity index (χ0v) is 20.8. The normalized spacial score (nSPS) is 33.9. The summed E-state index contributed by atoms with van der Waals surface area (Å²) in [7, 11) is 0. The molecule has 0 aromatic rings. The fourth-order valence-electron chi connectivity index (χ4n) is 5.46. The molecule has 0 N–H and O–H groups in total. The predicted molar refractivity (Wildman–Crippen MR) is 123 cm³/mol. The SMILES string of the molecule is CC(=O)OC1CC=C(C)CCC2CC(OC(C)=O)C(C)(CCC=C1C)CC2(C)OC(C)=O. The number of carbonyl (C=O) groups is 3. The van der Waals surface area contributed by atoms with Crippen molar-refractivity contribution in [3.8, 4) is 0 Å². The van der Waals surface area contributed by atoms with E-state index in [2.05, 4.69) is 26.0 Å². The van der Waals surface area contributed by atoms with E-state index in [0.717, 1.165) is 31.3 Å². The van der Waals surface area contributed by atoms with Gasteiger partial charge in [0.15, 0.2) is 0 Å². The average molecular weight is 449 g/mol. The van der Waals surface area contributed by atoms with Crippen molar-refractivity contribution in [2.75, 3.05) is 0 Å². The summed E-state index contributed by atoms with van der Waals surface area (Å²) in [6.07, 6.45) is 8.88. The van der Waals surface area contributed by atoms with E-state index in [1.54, 1.807) is 0 Å². The van der Waals surface area contributed by atoms with Crippen LogP contribution in [0.2, 0.25) is 0 Å². The van der Waals surface area contributed by atoms with E-state index in [0.29, 0.717) is 19.3 Å². The van der Waals surface area contributed by atoms with Crippen molar-refractivity contribution in [3.63, 3.8) is 0 Å². The largest absolute Gasteiger partial charge is 0.462 e. The van der Waals surface area contributed by atoms with Gasteiger partial charge in [0.1, 0.15) is 17.8 Å². The molecule has 0 aliphatic heterocycles. The van der Waals surface area contributed by atoms with Crippen LogP contribution in [0, 0.1) is 11.3 Å². The molecule has 180 valence electrons. The van der Waals surface area contributed by atoms with Crippen molar-refractivity contribution in [1.82, 2.24) is 0 Å². The van der Waals surface area contributed by atoms with E-state index in [1.807, 2.05) is 13.8 Å². The van der Waals surface area contributed by atoms with Gasteiger partial charge < -0.3 is 14.2 Å². The second-order valence-corrected chi connectivity index (χ2v) is 10.2. The van der Waals surface area contributed by atoms with Crippen LogP contribution < -0.4 is 0 Å². The highest BCUT2D eigenvalue weighted by atomic mass is 16.6. The summed E-state index contributed by atoms with van der Waals surface area (Å²) < 4.78 is 17.3. The van der Waals surface area contributed by atoms with Crippen molar-refractivity contribution in [3.05, 3.63) is 23.3 Å². The molecule has 0 radical (unpaired) electrons. The Labute approximate surface area is 192 Å². The highest BCUT2D eigenvalue weighted by Crippen LogP contribution is 2.52. The number of ether oxygens (including phenoxy) is 3. The second kappa shape index (κ2) is 10.7. The molecule has 1 saturated carbocycles. The maximum absolute atomic E-state index is 12.0. The summed E-state index contributed by atoms with van der Waals surface area (Å²) in [4.78, 5) is 35.5. The van der Waals surface area contributed by atoms with E-state index in [1.165, 1.54) is 26.3 Å². The number of allylic oxidation sites excluding steroid dienone is 2. The van der Waals surface area contributed by atoms with Gasteiger partial charge in [0, 0.05) is 38.5 Å². The summed E-state index contributed by atoms with van der Waals surface area (Å²) in [5, 5.41) is 0. The quantitative estimate of drug-likeness (QED) is 0.325. The molecule has 0 amide bonds. The van der Waals surface area contributed by atoms with Gasteiger partial charge in [-0.3, -0.25) is 14.4 Å². The number of carbonyl (C=O) groups excluding carboxylic acids is 3. The zero-order chi connectivity index (χ0) is 24.1. The van der Waals surface area contributed by atoms with E-state index in [4.69, 9.17) is 14.2 Å². The van der Waals surface area contributed by atoms with Crippen LogP contribution in [0.3, 0.4) is 0 Å². The van der Waals surface area contributed by atoms with Crippen LogP contribution in [0.1, 0.15) is 93.4 Å². The maximum atomic E-state index is 12.0. The first-order chi connectivity index (χ1) is 14.8. The van der Waals surface area contributed by atoms with E-state index in [9.17, 15) is 14.4 Å². The molecule has 0 aromatic carbocycles. The first kappa shape index (κ1) is 26.1. The van der Waals surface area contributed by atoms with Crippen molar-refractivity contribution >= 4 is 17.9 Å². The Morgan fingerprint density at radius 1 is 0.969 bits per heavy atom. The fourth-order valence-corrected chi connectivity index (χ4v) is 5.46. The van der Waals surface area contributed by atoms with Crippen molar-refractivity contribution in [2.24, 2.45) is 11.3 Å². The van der Waals surface area contributed by atoms with E-state index < -0.39 is 5.60 Å². The molecular weight excluding hydrogens is 408 g/mol. The van der Waals surface area contributed by atoms with Crippen molar-refractivity contribution in [1.29, 1.82) is 0 Å². The summed E-state index contributed by atoms with van der Waals surface area (Å²) >= 11 is 0. The van der Waals surface area contributed by atoms with Crippen LogP contribution in [0.25, 0.3) is 0 Å². The van der Waals surface area contributed by atoms with Crippen LogP contribution in [0.5, 0.6) is 0 Å². The average Bonchev–Trinajstić information content (AvgIpc) is 2.64. The molecule has 3 aliphatic rings. The highest BCUT2D eigenvalue weighted by molar-refractivity contribution is 5.67. The van der Waals surface area contributed by atoms with Crippen LogP contribution in [-0.2, 0) is 28.6 Å². The first-order valence-electron chi connectivity index (χ1n) is 11.7. The topological polar surface area (TPSA) is 78.9 Å². The second-order valence-electron chi connectivity index (χ2n) is 10.2. The van der Waals surface area contributed by atoms with Crippen LogP contribution >= 0.6 is 0 Å². The Morgan fingerprint density at radius 2 is 1.62 bits per heavy atom. The van der Waals surface area contributed by atoms with Gasteiger partial charge in [-0.15, -0.1) is 0 Å². The van der Waals surface area contributed by atoms with Crippen LogP contribution in [-0.4, -0.2) is 35.7 Å². The first-order valence-corrected chi connectivity index (χ1v) is 11.7. The number of hydrogen-bond donors (Lipinski definition) is 0. The van der Waals surface area contributed by atoms with Gasteiger partial charge >= 0.3 is 17.9 Å². The molecule has 0 spiro atoms. The molecule has 6 heteroatoms. The molecule has 5 atom stereocenters. The molecule has 32 heavy (non-hydrogen) atoms. The number of rotatable bonds is 3. The van der Waals surface area contributed by atoms with Gasteiger partial charge in [-0.05, 0) is 64.9 Å². The van der Waals surface area contributed by atoms with Crippen LogP contribution in [0.4, 0.5) is 0 Å². The van der Waals surface area contributed by atoms with Crippen molar-refractivity contribution in [2.45, 2.75) is 111 Å². The fraction of sp³-hybridized carbons (Fsp3) is 0.731. The minimum absolute atomic E-state index is 0.0802. The van der Waals surface area contributed by atoms with Gasteiger partial charge in [0.25, 0.3) is 0 Å². The zero-order valence-electron chi connectivity index (χ0n) is 20.8. The van der Waals surface area contributed by atoms with Gasteiger partial charge in [-0.2, -0.15) is 0 Å². The third kappa shape index (κ3) is 6.94. The molecule has 1 fully saturated rings. The summed E-state index contributed by atoms with van der Waals surface area (Å²) in [6, 6.07) is 0. The Hall–Kier alpha value is -2.11. The predicted octanol–water partition coefficient (Wildman–Crippen LogP) is 5.44. The lowest BCUT2D eigenvalue weighted by Crippen LogP contribution is -2.54. The number of fused-ring (bicyclic) bond motifs is 9. The minimum Gasteiger partial charge on any atom is -0.462 e. The van der Waals surface area contributed by atoms with Crippen molar-refractivity contribution < 1.29 is 28.6 Å². The summed E-state index contributed by atoms with van der Waals surface area (Å²) in [5.41, 5.74) is 1.27. The molecule has 0 saturated heterocycles.